The molecule has 0 fully saturated rings. The van der Waals surface area contributed by atoms with Crippen LogP contribution in [0.15, 0.2) is 144 Å². The van der Waals surface area contributed by atoms with Gasteiger partial charge in [-0.05, 0) is 126 Å². The van der Waals surface area contributed by atoms with E-state index in [4.69, 9.17) is 0 Å². The fourth-order valence-corrected chi connectivity index (χ4v) is 9.16. The number of phenolic OH excluding ortho intramolecular Hbond substituents is 4. The molecular formula is C56H70I2N8O8S2. The predicted molar refractivity (Wildman–Crippen MR) is 307 cm³/mol. The fourth-order valence-electron chi connectivity index (χ4n) is 6.93. The number of nitrogens with zero attached hydrogens (tertiary/aromatic N) is 2. The van der Waals surface area contributed by atoms with Gasteiger partial charge in [-0.2, -0.15) is 0 Å². The van der Waals surface area contributed by atoms with Crippen molar-refractivity contribution in [1.29, 1.82) is 0 Å². The van der Waals surface area contributed by atoms with E-state index >= 15 is 0 Å². The van der Waals surface area contributed by atoms with E-state index in [1.54, 1.807) is 12.4 Å². The molecule has 0 bridgehead atoms. The number of unbranched alkanes of at least 4 members (excludes halogenated alkanes) is 4. The van der Waals surface area contributed by atoms with Crippen LogP contribution in [0.2, 0.25) is 0 Å². The van der Waals surface area contributed by atoms with E-state index in [-0.39, 0.29) is 60.1 Å². The van der Waals surface area contributed by atoms with Gasteiger partial charge >= 0.3 is 23.6 Å². The Morgan fingerprint density at radius 2 is 1.00 bits per heavy atom. The third kappa shape index (κ3) is 25.2. The monoisotopic (exact) mass is 1300 g/mol. The highest BCUT2D eigenvalue weighted by atomic mass is 127. The van der Waals surface area contributed by atoms with Gasteiger partial charge in [-0.25, -0.2) is 4.57 Å². The molecule has 0 unspecified atom stereocenters. The molecule has 20 heteroatoms. The van der Waals surface area contributed by atoms with Crippen LogP contribution in [0.3, 0.4) is 0 Å². The second-order valence-electron chi connectivity index (χ2n) is 16.9. The maximum absolute atomic E-state index is 12.2. The van der Waals surface area contributed by atoms with Crippen LogP contribution in [0.4, 0.5) is 11.4 Å². The maximum atomic E-state index is 12.2. The number of hydrogen-bond donors (Lipinski definition) is 10. The van der Waals surface area contributed by atoms with Gasteiger partial charge in [-0.3, -0.25) is 45.9 Å². The SMILES string of the molecule is CCCCCI.CCCCC[n+]1ccc(CCc2ccccc2NNC(=O)C(=O)NCCSc2cc(O)ccc2O)cc1.O=C(NCCSc1cc(O)ccc1O)C(=O)NNc1ccccc1CCc1ccncc1.[I-]. The lowest BCUT2D eigenvalue weighted by Gasteiger charge is -2.13. The molecule has 2 heterocycles. The largest absolute Gasteiger partial charge is 1.00 e. The van der Waals surface area contributed by atoms with E-state index in [9.17, 15) is 39.6 Å². The third-order valence-corrected chi connectivity index (χ3v) is 13.9. The highest BCUT2D eigenvalue weighted by Crippen LogP contribution is 2.32. The lowest BCUT2D eigenvalue weighted by molar-refractivity contribution is -0.697. The van der Waals surface area contributed by atoms with E-state index in [1.165, 1.54) is 108 Å². The summed E-state index contributed by atoms with van der Waals surface area (Å²) < 4.78 is 3.54. The summed E-state index contributed by atoms with van der Waals surface area (Å²) in [7, 11) is 0. The number of aromatic nitrogens is 2. The molecule has 4 amide bonds. The highest BCUT2D eigenvalue weighted by Gasteiger charge is 2.16. The number of carbonyl (C=O) groups excluding carboxylic acids is 4. The van der Waals surface area contributed by atoms with Crippen molar-refractivity contribution in [2.24, 2.45) is 0 Å². The number of aromatic hydroxyl groups is 4. The van der Waals surface area contributed by atoms with E-state index in [1.807, 2.05) is 60.7 Å². The Kier molecular flexibility index (Phi) is 31.9. The molecule has 0 aliphatic carbocycles. The van der Waals surface area contributed by atoms with E-state index in [0.29, 0.717) is 21.3 Å². The molecule has 6 aromatic rings. The van der Waals surface area contributed by atoms with Crippen LogP contribution in [0, 0.1) is 0 Å². The smallest absolute Gasteiger partial charge is 0.327 e. The number of pyridine rings is 2. The van der Waals surface area contributed by atoms with Crippen molar-refractivity contribution in [3.05, 3.63) is 156 Å². The molecule has 0 saturated heterocycles. The summed E-state index contributed by atoms with van der Waals surface area (Å²) in [5, 5.41) is 43.6. The Bertz CT molecular complexity index is 2670. The molecule has 0 radical (unpaired) electrons. The second-order valence-corrected chi connectivity index (χ2v) is 20.2. The number of rotatable bonds is 25. The van der Waals surface area contributed by atoms with Gasteiger partial charge in [0.2, 0.25) is 0 Å². The second kappa shape index (κ2) is 37.7. The van der Waals surface area contributed by atoms with E-state index in [0.717, 1.165) is 60.3 Å². The average Bonchev–Trinajstić information content (AvgIpc) is 3.43. The molecule has 0 spiro atoms. The number of anilines is 2. The topological polar surface area (TPSA) is 238 Å². The summed E-state index contributed by atoms with van der Waals surface area (Å²) in [4.78, 5) is 53.5. The Balaban J connectivity index is 0.000000360. The summed E-state index contributed by atoms with van der Waals surface area (Å²) >= 11 is 4.93. The van der Waals surface area contributed by atoms with Crippen molar-refractivity contribution in [3.8, 4) is 23.0 Å². The molecule has 2 aromatic heterocycles. The van der Waals surface area contributed by atoms with Crippen molar-refractivity contribution in [1.82, 2.24) is 26.5 Å². The molecule has 76 heavy (non-hydrogen) atoms. The third-order valence-electron chi connectivity index (χ3n) is 11.1. The quantitative estimate of drug-likeness (QED) is 0.00467. The van der Waals surface area contributed by atoms with Gasteiger partial charge in [0.1, 0.15) is 29.5 Å². The number of halogens is 2. The number of thioether (sulfide) groups is 2. The van der Waals surface area contributed by atoms with E-state index < -0.39 is 23.6 Å². The fraction of sp³-hybridized carbons (Fsp3) is 0.321. The van der Waals surface area contributed by atoms with Crippen LogP contribution < -0.4 is 60.9 Å². The molecular weight excluding hydrogens is 1230 g/mol. The molecule has 0 saturated carbocycles. The summed E-state index contributed by atoms with van der Waals surface area (Å²) in [6.07, 6.45) is 18.8. The van der Waals surface area contributed by atoms with Gasteiger partial charge < -0.3 is 55.0 Å². The minimum absolute atomic E-state index is 0. The number of hydrogen-bond acceptors (Lipinski definition) is 13. The maximum Gasteiger partial charge on any atom is 0.327 e. The highest BCUT2D eigenvalue weighted by molar-refractivity contribution is 14.1. The van der Waals surface area contributed by atoms with Gasteiger partial charge in [0, 0.05) is 55.5 Å². The Labute approximate surface area is 485 Å². The number of hydrazine groups is 2. The number of alkyl halides is 1. The zero-order valence-electron chi connectivity index (χ0n) is 42.9. The lowest BCUT2D eigenvalue weighted by atomic mass is 10.0. The van der Waals surface area contributed by atoms with Crippen molar-refractivity contribution in [3.63, 3.8) is 0 Å². The van der Waals surface area contributed by atoms with Gasteiger partial charge in [-0.15, -0.1) is 23.5 Å². The van der Waals surface area contributed by atoms with Crippen LogP contribution >= 0.6 is 46.1 Å². The van der Waals surface area contributed by atoms with Crippen molar-refractivity contribution in [2.75, 3.05) is 39.9 Å². The van der Waals surface area contributed by atoms with Gasteiger partial charge in [0.05, 0.1) is 21.2 Å². The zero-order chi connectivity index (χ0) is 54.0. The van der Waals surface area contributed by atoms with E-state index in [2.05, 4.69) is 103 Å². The number of phenols is 4. The van der Waals surface area contributed by atoms with Crippen molar-refractivity contribution >= 4 is 81.1 Å². The number of aryl methyl sites for hydroxylation is 5. The van der Waals surface area contributed by atoms with Gasteiger partial charge in [0.25, 0.3) is 0 Å². The molecule has 6 rings (SSSR count). The molecule has 0 aliphatic heterocycles. The summed E-state index contributed by atoms with van der Waals surface area (Å²) in [5.74, 6) is -2.11. The van der Waals surface area contributed by atoms with Crippen LogP contribution in [-0.2, 0) is 51.4 Å². The molecule has 0 atom stereocenters. The standard InChI is InChI=1S/C28H34N4O4S.C23H24N4O4S.C5H11I.HI/c1-2-3-6-16-32-17-13-21(14-18-32)9-10-22-7-4-5-8-24(22)30-31-28(36)27(35)29-15-19-37-26-20-23(33)11-12-25(26)34;28-18-7-8-20(29)21(15-18)32-14-13-25-22(30)23(31)27-26-19-4-2-1-3-17(19)6-5-16-9-11-24-12-10-16;1-2-3-4-5-6;/h4-5,7-8,11-14,17-18,20H,2-3,6,9-10,15-16,19H2,1H3,(H4-,29,30,31,33,34,35,36);1-4,7-12,15,26,28-29H,5-6,13-14H2,(H,25,30)(H,27,31);2-5H2,1H3;1H. The molecule has 16 nitrogen and oxygen atoms in total. The van der Waals surface area contributed by atoms with Crippen LogP contribution in [0.25, 0.3) is 0 Å². The first kappa shape index (κ1) is 64.3. The summed E-state index contributed by atoms with van der Waals surface area (Å²) in [5.41, 5.74) is 16.5. The van der Waals surface area contributed by atoms with Crippen LogP contribution in [0.1, 0.15) is 74.6 Å². The number of carbonyl (C=O) groups is 4. The zero-order valence-corrected chi connectivity index (χ0v) is 48.9. The van der Waals surface area contributed by atoms with Crippen molar-refractivity contribution < 1.29 is 68.1 Å². The predicted octanol–water partition coefficient (Wildman–Crippen LogP) is 5.96. The average molecular weight is 1300 g/mol. The Morgan fingerprint density at radius 3 is 1.45 bits per heavy atom. The minimum atomic E-state index is -0.806. The number of para-hydroxylation sites is 2. The summed E-state index contributed by atoms with van der Waals surface area (Å²) in [6.45, 7) is 5.91. The Hall–Kier alpha value is -5.98. The molecule has 408 valence electrons. The van der Waals surface area contributed by atoms with Crippen LogP contribution in [-0.4, -0.2) is 78.1 Å². The first-order valence-electron chi connectivity index (χ1n) is 25.0. The number of benzene rings is 4. The van der Waals surface area contributed by atoms with Crippen LogP contribution in [0.5, 0.6) is 23.0 Å². The summed E-state index contributed by atoms with van der Waals surface area (Å²) in [6, 6.07) is 31.9. The normalized spacial score (nSPS) is 10.2. The first-order chi connectivity index (χ1) is 36.4. The molecule has 4 aromatic carbocycles. The number of nitrogens with one attached hydrogen (secondary N) is 6. The number of amides is 4. The van der Waals surface area contributed by atoms with Crippen molar-refractivity contribution in [2.45, 2.75) is 94.4 Å². The minimum Gasteiger partial charge on any atom is -1.00 e. The lowest BCUT2D eigenvalue weighted by Crippen LogP contribution is -3.00. The molecule has 10 N–H and O–H groups in total. The molecule has 0 aliphatic rings. The van der Waals surface area contributed by atoms with Gasteiger partial charge in [-0.1, -0.05) is 92.1 Å². The Morgan fingerprint density at radius 1 is 0.553 bits per heavy atom. The first-order valence-corrected chi connectivity index (χ1v) is 28.5. The van der Waals surface area contributed by atoms with Gasteiger partial charge in [0.15, 0.2) is 12.4 Å².